The Balaban J connectivity index is 2.16. The summed E-state index contributed by atoms with van der Waals surface area (Å²) < 4.78 is 10.3. The third-order valence-corrected chi connectivity index (χ3v) is 3.76. The maximum absolute atomic E-state index is 12.2. The van der Waals surface area contributed by atoms with E-state index in [0.29, 0.717) is 28.1 Å². The van der Waals surface area contributed by atoms with Gasteiger partial charge in [0.2, 0.25) is 0 Å². The molecule has 2 rings (SSSR count). The SMILES string of the molecule is COc1ccc(C(=O)Nc2nc(C(C)C)cs2)cc1OC. The number of nitrogens with zero attached hydrogens (tertiary/aromatic N) is 1. The van der Waals surface area contributed by atoms with E-state index in [1.807, 2.05) is 5.38 Å². The first-order chi connectivity index (χ1) is 10.0. The Bertz CT molecular complexity index is 638. The molecule has 112 valence electrons. The summed E-state index contributed by atoms with van der Waals surface area (Å²) in [6.45, 7) is 4.13. The van der Waals surface area contributed by atoms with Crippen LogP contribution in [0.4, 0.5) is 5.13 Å². The standard InChI is InChI=1S/C15H18N2O3S/c1-9(2)11-8-21-15(16-11)17-14(18)10-5-6-12(19-3)13(7-10)20-4/h5-9H,1-4H3,(H,16,17,18). The number of carbonyl (C=O) groups excluding carboxylic acids is 1. The van der Waals surface area contributed by atoms with Crippen LogP contribution in [0.25, 0.3) is 0 Å². The number of hydrogen-bond donors (Lipinski definition) is 1. The van der Waals surface area contributed by atoms with Crippen molar-refractivity contribution in [1.29, 1.82) is 0 Å². The van der Waals surface area contributed by atoms with Crippen LogP contribution in [0.2, 0.25) is 0 Å². The fourth-order valence-corrected chi connectivity index (χ4v) is 2.62. The van der Waals surface area contributed by atoms with Gasteiger partial charge in [0.05, 0.1) is 19.9 Å². The number of carbonyl (C=O) groups is 1. The molecule has 0 saturated heterocycles. The average molecular weight is 306 g/mol. The molecule has 0 spiro atoms. The Morgan fingerprint density at radius 1 is 1.24 bits per heavy atom. The molecule has 0 aliphatic rings. The lowest BCUT2D eigenvalue weighted by Gasteiger charge is -2.09. The number of benzene rings is 1. The van der Waals surface area contributed by atoms with Crippen LogP contribution in [0.5, 0.6) is 11.5 Å². The van der Waals surface area contributed by atoms with Gasteiger partial charge in [0.25, 0.3) is 5.91 Å². The lowest BCUT2D eigenvalue weighted by molar-refractivity contribution is 0.102. The van der Waals surface area contributed by atoms with Gasteiger partial charge in [0.15, 0.2) is 16.6 Å². The number of aromatic nitrogens is 1. The van der Waals surface area contributed by atoms with E-state index >= 15 is 0 Å². The van der Waals surface area contributed by atoms with E-state index in [-0.39, 0.29) is 5.91 Å². The molecule has 0 aliphatic heterocycles. The Hall–Kier alpha value is -2.08. The minimum absolute atomic E-state index is 0.222. The molecule has 2 aromatic rings. The highest BCUT2D eigenvalue weighted by molar-refractivity contribution is 7.14. The zero-order valence-electron chi connectivity index (χ0n) is 12.5. The summed E-state index contributed by atoms with van der Waals surface area (Å²) >= 11 is 1.42. The topological polar surface area (TPSA) is 60.5 Å². The molecule has 0 fully saturated rings. The molecule has 0 atom stereocenters. The van der Waals surface area contributed by atoms with Crippen molar-refractivity contribution in [3.05, 3.63) is 34.8 Å². The number of thiazole rings is 1. The highest BCUT2D eigenvalue weighted by atomic mass is 32.1. The number of rotatable bonds is 5. The maximum atomic E-state index is 12.2. The van der Waals surface area contributed by atoms with Crippen molar-refractivity contribution in [3.63, 3.8) is 0 Å². The molecule has 0 bridgehead atoms. The molecule has 1 amide bonds. The minimum atomic E-state index is -0.222. The first-order valence-corrected chi connectivity index (χ1v) is 7.42. The normalized spacial score (nSPS) is 10.5. The van der Waals surface area contributed by atoms with Crippen LogP contribution in [0.1, 0.15) is 35.8 Å². The van der Waals surface area contributed by atoms with Crippen molar-refractivity contribution in [1.82, 2.24) is 4.98 Å². The molecule has 1 aromatic heterocycles. The lowest BCUT2D eigenvalue weighted by Crippen LogP contribution is -2.12. The number of amides is 1. The van der Waals surface area contributed by atoms with Crippen LogP contribution < -0.4 is 14.8 Å². The summed E-state index contributed by atoms with van der Waals surface area (Å²) in [7, 11) is 3.09. The molecule has 21 heavy (non-hydrogen) atoms. The van der Waals surface area contributed by atoms with Gasteiger partial charge in [0, 0.05) is 10.9 Å². The van der Waals surface area contributed by atoms with Gasteiger partial charge in [-0.15, -0.1) is 11.3 Å². The van der Waals surface area contributed by atoms with Crippen LogP contribution in [-0.2, 0) is 0 Å². The second kappa shape index (κ2) is 6.58. The predicted octanol–water partition coefficient (Wildman–Crippen LogP) is 3.54. The first-order valence-electron chi connectivity index (χ1n) is 6.54. The van der Waals surface area contributed by atoms with E-state index in [0.717, 1.165) is 5.69 Å². The van der Waals surface area contributed by atoms with Crippen LogP contribution in [0, 0.1) is 0 Å². The van der Waals surface area contributed by atoms with E-state index < -0.39 is 0 Å². The monoisotopic (exact) mass is 306 g/mol. The summed E-state index contributed by atoms with van der Waals surface area (Å²) in [5.74, 6) is 1.23. The molecule has 5 nitrogen and oxygen atoms in total. The fourth-order valence-electron chi connectivity index (χ4n) is 1.76. The van der Waals surface area contributed by atoms with Crippen molar-refractivity contribution < 1.29 is 14.3 Å². The van der Waals surface area contributed by atoms with Crippen LogP contribution in [0.3, 0.4) is 0 Å². The first kappa shape index (κ1) is 15.3. The van der Waals surface area contributed by atoms with E-state index in [4.69, 9.17) is 9.47 Å². The van der Waals surface area contributed by atoms with Crippen molar-refractivity contribution in [3.8, 4) is 11.5 Å². The van der Waals surface area contributed by atoms with Crippen molar-refractivity contribution in [2.75, 3.05) is 19.5 Å². The molecule has 1 N–H and O–H groups in total. The molecule has 0 aliphatic carbocycles. The summed E-state index contributed by atoms with van der Waals surface area (Å²) in [4.78, 5) is 16.6. The molecule has 0 unspecified atom stereocenters. The second-order valence-electron chi connectivity index (χ2n) is 4.76. The maximum Gasteiger partial charge on any atom is 0.257 e. The highest BCUT2D eigenvalue weighted by Gasteiger charge is 2.13. The van der Waals surface area contributed by atoms with Crippen molar-refractivity contribution in [2.45, 2.75) is 19.8 Å². The van der Waals surface area contributed by atoms with Gasteiger partial charge in [0.1, 0.15) is 0 Å². The molecular weight excluding hydrogens is 288 g/mol. The zero-order valence-corrected chi connectivity index (χ0v) is 13.3. The predicted molar refractivity (Wildman–Crippen MR) is 83.7 cm³/mol. The van der Waals surface area contributed by atoms with Crippen molar-refractivity contribution >= 4 is 22.4 Å². The summed E-state index contributed by atoms with van der Waals surface area (Å²) in [5, 5.41) is 5.34. The van der Waals surface area contributed by atoms with E-state index in [1.54, 1.807) is 25.3 Å². The number of anilines is 1. The molecule has 0 saturated carbocycles. The number of methoxy groups -OCH3 is 2. The second-order valence-corrected chi connectivity index (χ2v) is 5.61. The number of hydrogen-bond acceptors (Lipinski definition) is 5. The van der Waals surface area contributed by atoms with Crippen molar-refractivity contribution in [2.24, 2.45) is 0 Å². The fraction of sp³-hybridized carbons (Fsp3) is 0.333. The summed E-state index contributed by atoms with van der Waals surface area (Å²) in [5.41, 5.74) is 1.47. The van der Waals surface area contributed by atoms with E-state index in [9.17, 15) is 4.79 Å². The molecule has 0 radical (unpaired) electrons. The van der Waals surface area contributed by atoms with Gasteiger partial charge < -0.3 is 9.47 Å². The minimum Gasteiger partial charge on any atom is -0.493 e. The van der Waals surface area contributed by atoms with E-state index in [1.165, 1.54) is 18.4 Å². The highest BCUT2D eigenvalue weighted by Crippen LogP contribution is 2.28. The largest absolute Gasteiger partial charge is 0.493 e. The summed E-state index contributed by atoms with van der Waals surface area (Å²) in [6.07, 6.45) is 0. The Morgan fingerprint density at radius 3 is 2.52 bits per heavy atom. The Kier molecular flexibility index (Phi) is 4.80. The third-order valence-electron chi connectivity index (χ3n) is 2.98. The van der Waals surface area contributed by atoms with Gasteiger partial charge in [-0.25, -0.2) is 4.98 Å². The summed E-state index contributed by atoms with van der Waals surface area (Å²) in [6, 6.07) is 5.04. The Labute approximate surface area is 127 Å². The van der Waals surface area contributed by atoms with Crippen LogP contribution in [-0.4, -0.2) is 25.1 Å². The average Bonchev–Trinajstić information content (AvgIpc) is 2.95. The zero-order chi connectivity index (χ0) is 15.4. The Morgan fingerprint density at radius 2 is 1.95 bits per heavy atom. The number of nitrogens with one attached hydrogen (secondary N) is 1. The van der Waals surface area contributed by atoms with Gasteiger partial charge in [-0.1, -0.05) is 13.8 Å². The molecule has 1 heterocycles. The molecular formula is C15H18N2O3S. The third kappa shape index (κ3) is 3.52. The quantitative estimate of drug-likeness (QED) is 0.918. The van der Waals surface area contributed by atoms with Gasteiger partial charge >= 0.3 is 0 Å². The lowest BCUT2D eigenvalue weighted by atomic mass is 10.2. The molecule has 6 heteroatoms. The number of ether oxygens (including phenoxy) is 2. The van der Waals surface area contributed by atoms with Gasteiger partial charge in [-0.2, -0.15) is 0 Å². The van der Waals surface area contributed by atoms with Gasteiger partial charge in [-0.05, 0) is 24.1 Å². The smallest absolute Gasteiger partial charge is 0.257 e. The van der Waals surface area contributed by atoms with Crippen LogP contribution in [0.15, 0.2) is 23.6 Å². The van der Waals surface area contributed by atoms with E-state index in [2.05, 4.69) is 24.1 Å². The van der Waals surface area contributed by atoms with Gasteiger partial charge in [-0.3, -0.25) is 10.1 Å². The molecule has 1 aromatic carbocycles. The van der Waals surface area contributed by atoms with Crippen LogP contribution >= 0.6 is 11.3 Å².